The molecular formula is C16H27NO2. The highest BCUT2D eigenvalue weighted by molar-refractivity contribution is 5.23. The van der Waals surface area contributed by atoms with Crippen LogP contribution in [0.1, 0.15) is 37.5 Å². The van der Waals surface area contributed by atoms with Crippen LogP contribution < -0.4 is 0 Å². The Kier molecular flexibility index (Phi) is 7.06. The van der Waals surface area contributed by atoms with Gasteiger partial charge in [-0.25, -0.2) is 0 Å². The van der Waals surface area contributed by atoms with Crippen molar-refractivity contribution in [2.24, 2.45) is 0 Å². The molecule has 0 radical (unpaired) electrons. The molecule has 0 bridgehead atoms. The number of methoxy groups -OCH3 is 1. The van der Waals surface area contributed by atoms with Gasteiger partial charge in [-0.1, -0.05) is 29.8 Å². The number of hydrogen-bond acceptors (Lipinski definition) is 3. The van der Waals surface area contributed by atoms with Gasteiger partial charge >= 0.3 is 0 Å². The number of ether oxygens (including phenoxy) is 1. The van der Waals surface area contributed by atoms with Crippen molar-refractivity contribution in [2.45, 2.75) is 39.3 Å². The third-order valence-electron chi connectivity index (χ3n) is 3.43. The van der Waals surface area contributed by atoms with Crippen LogP contribution in [-0.2, 0) is 4.74 Å². The molecule has 0 amide bonds. The third-order valence-corrected chi connectivity index (χ3v) is 3.43. The minimum absolute atomic E-state index is 0.385. The number of aliphatic hydroxyl groups is 1. The molecule has 3 nitrogen and oxygen atoms in total. The monoisotopic (exact) mass is 265 g/mol. The number of nitrogens with zero attached hydrogens (tertiary/aromatic N) is 1. The van der Waals surface area contributed by atoms with Gasteiger partial charge in [-0.2, -0.15) is 0 Å². The summed E-state index contributed by atoms with van der Waals surface area (Å²) in [6, 6.07) is 8.57. The van der Waals surface area contributed by atoms with Gasteiger partial charge in [0, 0.05) is 26.2 Å². The summed E-state index contributed by atoms with van der Waals surface area (Å²) >= 11 is 0. The van der Waals surface area contributed by atoms with E-state index in [0.29, 0.717) is 6.04 Å². The molecule has 0 aliphatic carbocycles. The first-order valence-corrected chi connectivity index (χ1v) is 7.02. The van der Waals surface area contributed by atoms with Gasteiger partial charge in [0.25, 0.3) is 0 Å². The molecule has 0 saturated heterocycles. The van der Waals surface area contributed by atoms with Crippen molar-refractivity contribution in [3.05, 3.63) is 35.4 Å². The molecule has 1 rings (SSSR count). The zero-order valence-corrected chi connectivity index (χ0v) is 12.6. The maximum Gasteiger partial charge on any atom is 0.0802 e. The van der Waals surface area contributed by atoms with Crippen LogP contribution in [0.15, 0.2) is 24.3 Å². The average molecular weight is 265 g/mol. The summed E-state index contributed by atoms with van der Waals surface area (Å²) in [5.41, 5.74) is 2.20. The fourth-order valence-electron chi connectivity index (χ4n) is 2.17. The number of aliphatic hydroxyl groups excluding tert-OH is 1. The van der Waals surface area contributed by atoms with Crippen molar-refractivity contribution in [1.29, 1.82) is 0 Å². The Morgan fingerprint density at radius 2 is 2.00 bits per heavy atom. The molecule has 0 aliphatic rings. The van der Waals surface area contributed by atoms with Crippen molar-refractivity contribution in [3.63, 3.8) is 0 Å². The summed E-state index contributed by atoms with van der Waals surface area (Å²) in [6.45, 7) is 8.93. The fourth-order valence-corrected chi connectivity index (χ4v) is 2.17. The first kappa shape index (κ1) is 16.2. The first-order chi connectivity index (χ1) is 9.04. The molecule has 108 valence electrons. The number of aryl methyl sites for hydroxylation is 1. The van der Waals surface area contributed by atoms with Crippen molar-refractivity contribution >= 4 is 0 Å². The smallest absolute Gasteiger partial charge is 0.0802 e. The Bertz CT molecular complexity index is 366. The predicted octanol–water partition coefficient (Wildman–Crippen LogP) is 2.78. The average Bonchev–Trinajstić information content (AvgIpc) is 2.38. The summed E-state index contributed by atoms with van der Waals surface area (Å²) in [4.78, 5) is 2.34. The molecule has 0 aliphatic heterocycles. The SMILES string of the molecule is COCCN(CCC(O)c1cccc(C)c1)C(C)C. The van der Waals surface area contributed by atoms with Gasteiger partial charge in [-0.15, -0.1) is 0 Å². The van der Waals surface area contributed by atoms with E-state index in [0.717, 1.165) is 31.7 Å². The van der Waals surface area contributed by atoms with Crippen molar-refractivity contribution < 1.29 is 9.84 Å². The van der Waals surface area contributed by atoms with E-state index in [-0.39, 0.29) is 6.10 Å². The second kappa shape index (κ2) is 8.31. The van der Waals surface area contributed by atoms with Crippen LogP contribution >= 0.6 is 0 Å². The number of rotatable bonds is 8. The zero-order chi connectivity index (χ0) is 14.3. The normalized spacial score (nSPS) is 13.2. The van der Waals surface area contributed by atoms with E-state index < -0.39 is 0 Å². The van der Waals surface area contributed by atoms with E-state index in [1.165, 1.54) is 5.56 Å². The van der Waals surface area contributed by atoms with Crippen molar-refractivity contribution in [2.75, 3.05) is 26.8 Å². The van der Waals surface area contributed by atoms with E-state index in [9.17, 15) is 5.11 Å². The van der Waals surface area contributed by atoms with Crippen molar-refractivity contribution in [1.82, 2.24) is 4.90 Å². The molecule has 0 heterocycles. The van der Waals surface area contributed by atoms with E-state index in [2.05, 4.69) is 37.8 Å². The second-order valence-electron chi connectivity index (χ2n) is 5.34. The summed E-state index contributed by atoms with van der Waals surface area (Å²) in [5.74, 6) is 0. The molecule has 1 aromatic carbocycles. The van der Waals surface area contributed by atoms with Crippen LogP contribution in [-0.4, -0.2) is 42.9 Å². The van der Waals surface area contributed by atoms with Crippen LogP contribution in [0.3, 0.4) is 0 Å². The molecule has 1 unspecified atom stereocenters. The van der Waals surface area contributed by atoms with Gasteiger partial charge in [0.2, 0.25) is 0 Å². The lowest BCUT2D eigenvalue weighted by molar-refractivity contribution is 0.102. The van der Waals surface area contributed by atoms with Gasteiger partial charge in [-0.05, 0) is 32.8 Å². The van der Waals surface area contributed by atoms with Crippen LogP contribution in [0.25, 0.3) is 0 Å². The Hall–Kier alpha value is -0.900. The number of benzene rings is 1. The molecular weight excluding hydrogens is 238 g/mol. The predicted molar refractivity (Wildman–Crippen MR) is 79.3 cm³/mol. The summed E-state index contributed by atoms with van der Waals surface area (Å²) < 4.78 is 5.13. The van der Waals surface area contributed by atoms with Crippen LogP contribution in [0, 0.1) is 6.92 Å². The highest BCUT2D eigenvalue weighted by Crippen LogP contribution is 2.18. The highest BCUT2D eigenvalue weighted by Gasteiger charge is 2.13. The Balaban J connectivity index is 2.49. The molecule has 1 atom stereocenters. The summed E-state index contributed by atoms with van der Waals surface area (Å²) in [7, 11) is 1.72. The van der Waals surface area contributed by atoms with E-state index in [1.54, 1.807) is 7.11 Å². The topological polar surface area (TPSA) is 32.7 Å². The van der Waals surface area contributed by atoms with Crippen molar-refractivity contribution in [3.8, 4) is 0 Å². The molecule has 0 spiro atoms. The lowest BCUT2D eigenvalue weighted by atomic mass is 10.0. The van der Waals surface area contributed by atoms with Crippen LogP contribution in [0.2, 0.25) is 0 Å². The third kappa shape index (κ3) is 5.72. The van der Waals surface area contributed by atoms with Gasteiger partial charge in [0.1, 0.15) is 0 Å². The van der Waals surface area contributed by atoms with Crippen LogP contribution in [0.4, 0.5) is 0 Å². The van der Waals surface area contributed by atoms with Gasteiger partial charge in [0.05, 0.1) is 12.7 Å². The minimum atomic E-state index is -0.385. The minimum Gasteiger partial charge on any atom is -0.388 e. The van der Waals surface area contributed by atoms with E-state index >= 15 is 0 Å². The largest absolute Gasteiger partial charge is 0.388 e. The second-order valence-corrected chi connectivity index (χ2v) is 5.34. The molecule has 1 N–H and O–H groups in total. The standard InChI is InChI=1S/C16H27NO2/c1-13(2)17(10-11-19-4)9-8-16(18)15-7-5-6-14(3)12-15/h5-7,12-13,16,18H,8-11H2,1-4H3. The molecule has 0 saturated carbocycles. The first-order valence-electron chi connectivity index (χ1n) is 7.02. The van der Waals surface area contributed by atoms with Crippen LogP contribution in [0.5, 0.6) is 0 Å². The molecule has 3 heteroatoms. The number of hydrogen-bond donors (Lipinski definition) is 1. The zero-order valence-electron chi connectivity index (χ0n) is 12.6. The fraction of sp³-hybridized carbons (Fsp3) is 0.625. The Labute approximate surface area is 117 Å². The molecule has 0 aromatic heterocycles. The molecule has 19 heavy (non-hydrogen) atoms. The highest BCUT2D eigenvalue weighted by atomic mass is 16.5. The Morgan fingerprint density at radius 1 is 1.26 bits per heavy atom. The lowest BCUT2D eigenvalue weighted by Gasteiger charge is -2.27. The van der Waals surface area contributed by atoms with E-state index in [1.807, 2.05) is 12.1 Å². The maximum atomic E-state index is 10.2. The molecule has 0 fully saturated rings. The lowest BCUT2D eigenvalue weighted by Crippen LogP contribution is -2.35. The quantitative estimate of drug-likeness (QED) is 0.784. The summed E-state index contributed by atoms with van der Waals surface area (Å²) in [6.07, 6.45) is 0.370. The van der Waals surface area contributed by atoms with Gasteiger partial charge in [0.15, 0.2) is 0 Å². The Morgan fingerprint density at radius 3 is 2.58 bits per heavy atom. The van der Waals surface area contributed by atoms with Gasteiger partial charge in [-0.3, -0.25) is 4.90 Å². The maximum absolute atomic E-state index is 10.2. The van der Waals surface area contributed by atoms with E-state index in [4.69, 9.17) is 4.74 Å². The molecule has 1 aromatic rings. The summed E-state index contributed by atoms with van der Waals surface area (Å²) in [5, 5.41) is 10.2. The van der Waals surface area contributed by atoms with Gasteiger partial charge < -0.3 is 9.84 Å².